The van der Waals surface area contributed by atoms with E-state index in [9.17, 15) is 0 Å². The van der Waals surface area contributed by atoms with Crippen molar-refractivity contribution in [2.24, 2.45) is 0 Å². The third-order valence-electron chi connectivity index (χ3n) is 20.6. The van der Waals surface area contributed by atoms with Crippen LogP contribution in [0.4, 0.5) is 68.2 Å². The molecule has 0 N–H and O–H groups in total. The Bertz CT molecular complexity index is 5090. The van der Waals surface area contributed by atoms with Crippen molar-refractivity contribution in [3.8, 4) is 22.3 Å². The highest BCUT2D eigenvalue weighted by molar-refractivity contribution is 7.01. The highest BCUT2D eigenvalue weighted by atomic mass is 15.2. The lowest BCUT2D eigenvalue weighted by atomic mass is 9.33. The van der Waals surface area contributed by atoms with Gasteiger partial charge in [0.15, 0.2) is 0 Å². The largest absolute Gasteiger partial charge is 0.311 e. The Morgan fingerprint density at radius 1 is 0.236 bits per heavy atom. The third kappa shape index (κ3) is 6.54. The molecule has 0 amide bonds. The van der Waals surface area contributed by atoms with Crippen LogP contribution in [0.2, 0.25) is 0 Å². The molecule has 20 rings (SSSR count). The van der Waals surface area contributed by atoms with Crippen molar-refractivity contribution in [1.82, 2.24) is 0 Å². The summed E-state index contributed by atoms with van der Waals surface area (Å²) < 4.78 is 0. The molecule has 0 fully saturated rings. The fourth-order valence-electron chi connectivity index (χ4n) is 17.2. The Labute approximate surface area is 518 Å². The van der Waals surface area contributed by atoms with E-state index < -0.39 is 5.41 Å². The lowest BCUT2D eigenvalue weighted by molar-refractivity contribution is 0.793. The zero-order chi connectivity index (χ0) is 58.4. The fraction of sp³-hybridized carbons (Fsp3) is 0.0361. The molecular formula is C83H54B2N4. The van der Waals surface area contributed by atoms with Crippen LogP contribution in [0.15, 0.2) is 291 Å². The van der Waals surface area contributed by atoms with Gasteiger partial charge in [-0.05, 0) is 221 Å². The van der Waals surface area contributed by atoms with Crippen LogP contribution in [-0.2, 0) is 5.41 Å². The van der Waals surface area contributed by atoms with Gasteiger partial charge in [0.2, 0.25) is 0 Å². The molecule has 0 saturated heterocycles. The Hall–Kier alpha value is -11.1. The molecule has 89 heavy (non-hydrogen) atoms. The zero-order valence-electron chi connectivity index (χ0n) is 49.2. The van der Waals surface area contributed by atoms with E-state index in [1.807, 2.05) is 0 Å². The molecule has 0 aromatic heterocycles. The number of para-hydroxylation sites is 4. The summed E-state index contributed by atoms with van der Waals surface area (Å²) in [4.78, 5) is 10.3. The molecule has 0 atom stereocenters. The second-order valence-corrected chi connectivity index (χ2v) is 25.2. The molecule has 0 unspecified atom stereocenters. The minimum absolute atomic E-state index is 0.00741. The maximum atomic E-state index is 2.62. The fourth-order valence-corrected chi connectivity index (χ4v) is 17.2. The van der Waals surface area contributed by atoms with Crippen LogP contribution in [0.3, 0.4) is 0 Å². The minimum Gasteiger partial charge on any atom is -0.311 e. The number of fused-ring (bicyclic) bond motifs is 20. The molecule has 6 aliphatic rings. The van der Waals surface area contributed by atoms with E-state index in [1.54, 1.807) is 0 Å². The first-order chi connectivity index (χ1) is 44.0. The summed E-state index contributed by atoms with van der Waals surface area (Å²) in [7, 11) is 0. The summed E-state index contributed by atoms with van der Waals surface area (Å²) in [5, 5.41) is 4.94. The maximum Gasteiger partial charge on any atom is 0.252 e. The summed E-state index contributed by atoms with van der Waals surface area (Å²) in [6, 6.07) is 111. The molecule has 0 saturated carbocycles. The van der Waals surface area contributed by atoms with Crippen LogP contribution in [-0.4, -0.2) is 13.4 Å². The SMILES string of the molecule is Cc1cc2c3c(c1)N(c1ccc4c(c1)C1(c5ccccc5-4)c4ccccc4-c4ccc(N5c6cc7ccccc7cc6B6c7ccccc7N(c7ccccc7)c7cc(C)cc5c76)cc41)c1cc4ccccc4cc1B3c1ccccc1N2c1ccccc1. The Kier molecular flexibility index (Phi) is 9.93. The normalized spacial score (nSPS) is 14.4. The highest BCUT2D eigenvalue weighted by Crippen LogP contribution is 2.64. The van der Waals surface area contributed by atoms with Gasteiger partial charge < -0.3 is 19.6 Å². The van der Waals surface area contributed by atoms with Crippen molar-refractivity contribution in [1.29, 1.82) is 0 Å². The second kappa shape index (κ2) is 18.0. The average molecular weight is 1130 g/mol. The number of anilines is 12. The molecule has 0 radical (unpaired) electrons. The van der Waals surface area contributed by atoms with E-state index in [4.69, 9.17) is 0 Å². The highest BCUT2D eigenvalue weighted by Gasteiger charge is 2.53. The Balaban J connectivity index is 0.842. The van der Waals surface area contributed by atoms with Gasteiger partial charge in [0.25, 0.3) is 13.4 Å². The summed E-state index contributed by atoms with van der Waals surface area (Å²) >= 11 is 0. The number of benzene rings is 14. The van der Waals surface area contributed by atoms with Gasteiger partial charge in [-0.3, -0.25) is 0 Å². The number of rotatable bonds is 4. The lowest BCUT2D eigenvalue weighted by Gasteiger charge is -2.45. The standard InChI is InChI=1S/C83H54B2N4/c1-51-41-77-81-79(43-51)88(75-47-55-23-11-9-21-53(55)45-71(75)84(81)69-33-17-19-35-73(69)86(77)57-25-5-3-6-26-57)59-37-39-63-61-29-13-15-31-65(61)83(67(63)49-59)66-32-16-14-30-62(66)64-40-38-60(50-68(64)83)89-76-48-56-24-12-10-22-54(56)46-72(76)85-70-34-18-20-36-74(70)87(58-27-7-4-8-28-58)78-42-52(2)44-80(89)82(78)85/h3-50H,1-2H3. The summed E-state index contributed by atoms with van der Waals surface area (Å²) in [6.45, 7) is 4.56. The third-order valence-corrected chi connectivity index (χ3v) is 20.6. The first-order valence-electron chi connectivity index (χ1n) is 31.3. The van der Waals surface area contributed by atoms with Gasteiger partial charge in [0.05, 0.1) is 5.41 Å². The smallest absolute Gasteiger partial charge is 0.252 e. The van der Waals surface area contributed by atoms with E-state index >= 15 is 0 Å². The van der Waals surface area contributed by atoms with Crippen LogP contribution < -0.4 is 52.4 Å². The first kappa shape index (κ1) is 49.1. The molecule has 1 spiro atoms. The van der Waals surface area contributed by atoms with Gasteiger partial charge in [-0.15, -0.1) is 0 Å². The summed E-state index contributed by atoms with van der Waals surface area (Å²) in [6.07, 6.45) is 0. The van der Waals surface area contributed by atoms with Gasteiger partial charge in [-0.1, -0.05) is 194 Å². The van der Waals surface area contributed by atoms with E-state index in [0.29, 0.717) is 0 Å². The quantitative estimate of drug-likeness (QED) is 0.163. The predicted octanol–water partition coefficient (Wildman–Crippen LogP) is 17.1. The van der Waals surface area contributed by atoms with Crippen molar-refractivity contribution in [2.75, 3.05) is 19.6 Å². The Morgan fingerprint density at radius 3 is 1.00 bits per heavy atom. The van der Waals surface area contributed by atoms with Crippen LogP contribution >= 0.6 is 0 Å². The van der Waals surface area contributed by atoms with E-state index in [1.165, 1.54) is 155 Å². The molecule has 4 aliphatic heterocycles. The predicted molar refractivity (Wildman–Crippen MR) is 375 cm³/mol. The lowest BCUT2D eigenvalue weighted by Crippen LogP contribution is -2.61. The Morgan fingerprint density at radius 2 is 0.573 bits per heavy atom. The molecule has 412 valence electrons. The summed E-state index contributed by atoms with van der Waals surface area (Å²) in [5.74, 6) is 0. The number of hydrogen-bond acceptors (Lipinski definition) is 4. The molecule has 4 heterocycles. The topological polar surface area (TPSA) is 13.0 Å². The van der Waals surface area contributed by atoms with Crippen molar-refractivity contribution in [3.63, 3.8) is 0 Å². The molecule has 4 nitrogen and oxygen atoms in total. The van der Waals surface area contributed by atoms with E-state index in [0.717, 1.165) is 22.7 Å². The van der Waals surface area contributed by atoms with Crippen molar-refractivity contribution in [3.05, 3.63) is 325 Å². The number of aryl methyl sites for hydroxylation is 2. The average Bonchev–Trinajstić information content (AvgIpc) is 1.62. The monoisotopic (exact) mass is 1130 g/mol. The molecular weight excluding hydrogens is 1070 g/mol. The maximum absolute atomic E-state index is 2.62. The summed E-state index contributed by atoms with van der Waals surface area (Å²) in [5.41, 5.74) is 34.3. The van der Waals surface area contributed by atoms with Gasteiger partial charge in [0, 0.05) is 68.2 Å². The molecule has 14 aromatic rings. The van der Waals surface area contributed by atoms with Crippen LogP contribution in [0.1, 0.15) is 33.4 Å². The van der Waals surface area contributed by atoms with Gasteiger partial charge >= 0.3 is 0 Å². The van der Waals surface area contributed by atoms with E-state index in [-0.39, 0.29) is 13.4 Å². The van der Waals surface area contributed by atoms with Crippen LogP contribution in [0.5, 0.6) is 0 Å². The molecule has 6 heteroatoms. The molecule has 0 bridgehead atoms. The van der Waals surface area contributed by atoms with Gasteiger partial charge in [0.1, 0.15) is 0 Å². The van der Waals surface area contributed by atoms with Crippen LogP contribution in [0.25, 0.3) is 43.8 Å². The second-order valence-electron chi connectivity index (χ2n) is 25.2. The van der Waals surface area contributed by atoms with Crippen molar-refractivity contribution in [2.45, 2.75) is 19.3 Å². The number of nitrogens with zero attached hydrogens (tertiary/aromatic N) is 4. The first-order valence-corrected chi connectivity index (χ1v) is 31.3. The van der Waals surface area contributed by atoms with Crippen LogP contribution in [0, 0.1) is 13.8 Å². The van der Waals surface area contributed by atoms with Crippen molar-refractivity contribution < 1.29 is 0 Å². The minimum atomic E-state index is -0.664. The van der Waals surface area contributed by atoms with E-state index in [2.05, 4.69) is 325 Å². The molecule has 2 aliphatic carbocycles. The zero-order valence-corrected chi connectivity index (χ0v) is 49.2. The number of hydrogen-bond donors (Lipinski definition) is 0. The van der Waals surface area contributed by atoms with Crippen molar-refractivity contribution >= 4 is 136 Å². The molecule has 14 aromatic carbocycles. The van der Waals surface area contributed by atoms with Gasteiger partial charge in [-0.25, -0.2) is 0 Å². The van der Waals surface area contributed by atoms with Gasteiger partial charge in [-0.2, -0.15) is 0 Å².